The van der Waals surface area contributed by atoms with Gasteiger partial charge in [0.05, 0.1) is 13.0 Å². The SMILES string of the molecule is O=C(Cc1ccccc1Cl)NCc1cccs1. The van der Waals surface area contributed by atoms with Gasteiger partial charge in [-0.25, -0.2) is 0 Å². The number of amides is 1. The van der Waals surface area contributed by atoms with Gasteiger partial charge in [0.2, 0.25) is 5.91 Å². The Bertz CT molecular complexity index is 496. The van der Waals surface area contributed by atoms with Gasteiger partial charge in [-0.15, -0.1) is 11.3 Å². The zero-order chi connectivity index (χ0) is 12.1. The van der Waals surface area contributed by atoms with Gasteiger partial charge in [-0.3, -0.25) is 4.79 Å². The first-order valence-corrected chi connectivity index (χ1v) is 6.54. The molecule has 0 fully saturated rings. The van der Waals surface area contributed by atoms with Crippen LogP contribution in [0.1, 0.15) is 10.4 Å². The molecule has 0 saturated carbocycles. The van der Waals surface area contributed by atoms with Crippen LogP contribution in [0.3, 0.4) is 0 Å². The molecule has 2 aromatic rings. The molecule has 4 heteroatoms. The topological polar surface area (TPSA) is 29.1 Å². The van der Waals surface area contributed by atoms with Crippen LogP contribution in [0, 0.1) is 0 Å². The quantitative estimate of drug-likeness (QED) is 0.903. The lowest BCUT2D eigenvalue weighted by atomic mass is 10.1. The first-order valence-electron chi connectivity index (χ1n) is 5.28. The van der Waals surface area contributed by atoms with E-state index < -0.39 is 0 Å². The van der Waals surface area contributed by atoms with Crippen molar-refractivity contribution in [3.8, 4) is 0 Å². The second-order valence-electron chi connectivity index (χ2n) is 3.62. The Kier molecular flexibility index (Phi) is 4.18. The van der Waals surface area contributed by atoms with E-state index >= 15 is 0 Å². The standard InChI is InChI=1S/C13H12ClNOS/c14-12-6-2-1-4-10(12)8-13(16)15-9-11-5-3-7-17-11/h1-7H,8-9H2,(H,15,16). The Labute approximate surface area is 109 Å². The largest absolute Gasteiger partial charge is 0.351 e. The molecule has 1 amide bonds. The molecule has 1 heterocycles. The van der Waals surface area contributed by atoms with Gasteiger partial charge in [-0.2, -0.15) is 0 Å². The second kappa shape index (κ2) is 5.84. The van der Waals surface area contributed by atoms with Gasteiger partial charge in [0.15, 0.2) is 0 Å². The Balaban J connectivity index is 1.87. The predicted octanol–water partition coefficient (Wildman–Crippen LogP) is 3.26. The van der Waals surface area contributed by atoms with Gasteiger partial charge < -0.3 is 5.32 Å². The van der Waals surface area contributed by atoms with E-state index in [1.165, 1.54) is 0 Å². The molecular formula is C13H12ClNOS. The number of halogens is 1. The molecule has 88 valence electrons. The molecule has 0 unspecified atom stereocenters. The van der Waals surface area contributed by atoms with Crippen LogP contribution in [0.15, 0.2) is 41.8 Å². The molecule has 0 radical (unpaired) electrons. The van der Waals surface area contributed by atoms with Gasteiger partial charge in [0, 0.05) is 9.90 Å². The van der Waals surface area contributed by atoms with E-state index in [0.29, 0.717) is 18.0 Å². The molecule has 0 aliphatic rings. The predicted molar refractivity (Wildman–Crippen MR) is 71.3 cm³/mol. The van der Waals surface area contributed by atoms with Crippen LogP contribution in [0.5, 0.6) is 0 Å². The van der Waals surface area contributed by atoms with Crippen molar-refractivity contribution >= 4 is 28.8 Å². The van der Waals surface area contributed by atoms with E-state index in [-0.39, 0.29) is 5.91 Å². The van der Waals surface area contributed by atoms with Crippen LogP contribution in [0.4, 0.5) is 0 Å². The van der Waals surface area contributed by atoms with Crippen molar-refractivity contribution in [1.82, 2.24) is 5.32 Å². The smallest absolute Gasteiger partial charge is 0.224 e. The van der Waals surface area contributed by atoms with E-state index in [4.69, 9.17) is 11.6 Å². The number of nitrogens with one attached hydrogen (secondary N) is 1. The van der Waals surface area contributed by atoms with Gasteiger partial charge >= 0.3 is 0 Å². The molecule has 1 aromatic heterocycles. The van der Waals surface area contributed by atoms with Crippen LogP contribution >= 0.6 is 22.9 Å². The summed E-state index contributed by atoms with van der Waals surface area (Å²) in [6, 6.07) is 11.4. The highest BCUT2D eigenvalue weighted by Crippen LogP contribution is 2.15. The number of thiophene rings is 1. The Morgan fingerprint density at radius 3 is 2.76 bits per heavy atom. The third-order valence-corrected chi connectivity index (χ3v) is 3.59. The van der Waals surface area contributed by atoms with E-state index in [1.54, 1.807) is 17.4 Å². The van der Waals surface area contributed by atoms with E-state index in [1.807, 2.05) is 35.7 Å². The van der Waals surface area contributed by atoms with Crippen LogP contribution in [0.2, 0.25) is 5.02 Å². The molecule has 1 N–H and O–H groups in total. The summed E-state index contributed by atoms with van der Waals surface area (Å²) >= 11 is 7.62. The summed E-state index contributed by atoms with van der Waals surface area (Å²) in [5.41, 5.74) is 0.859. The monoisotopic (exact) mass is 265 g/mol. The minimum atomic E-state index is -0.00787. The summed E-state index contributed by atoms with van der Waals surface area (Å²) in [7, 11) is 0. The molecule has 2 rings (SSSR count). The van der Waals surface area contributed by atoms with Crippen molar-refractivity contribution in [2.24, 2.45) is 0 Å². The molecule has 1 aromatic carbocycles. The Morgan fingerprint density at radius 2 is 2.06 bits per heavy atom. The minimum absolute atomic E-state index is 0.00787. The van der Waals surface area contributed by atoms with Crippen molar-refractivity contribution < 1.29 is 4.79 Å². The summed E-state index contributed by atoms with van der Waals surface area (Å²) in [6.07, 6.45) is 0.324. The summed E-state index contributed by atoms with van der Waals surface area (Å²) in [5, 5.41) is 5.51. The molecule has 0 aliphatic heterocycles. The number of carbonyl (C=O) groups excluding carboxylic acids is 1. The lowest BCUT2D eigenvalue weighted by Gasteiger charge is -2.05. The Morgan fingerprint density at radius 1 is 1.24 bits per heavy atom. The molecule has 2 nitrogen and oxygen atoms in total. The lowest BCUT2D eigenvalue weighted by Crippen LogP contribution is -2.24. The second-order valence-corrected chi connectivity index (χ2v) is 5.06. The van der Waals surface area contributed by atoms with Crippen molar-refractivity contribution in [3.63, 3.8) is 0 Å². The molecule has 0 saturated heterocycles. The Hall–Kier alpha value is -1.32. The van der Waals surface area contributed by atoms with Crippen molar-refractivity contribution in [3.05, 3.63) is 57.2 Å². The number of carbonyl (C=O) groups is 1. The zero-order valence-electron chi connectivity index (χ0n) is 9.15. The fourth-order valence-corrected chi connectivity index (χ4v) is 2.32. The van der Waals surface area contributed by atoms with Crippen LogP contribution in [-0.2, 0) is 17.8 Å². The molecule has 17 heavy (non-hydrogen) atoms. The van der Waals surface area contributed by atoms with Gasteiger partial charge in [-0.05, 0) is 23.1 Å². The van der Waals surface area contributed by atoms with Crippen LogP contribution in [0.25, 0.3) is 0 Å². The summed E-state index contributed by atoms with van der Waals surface area (Å²) in [6.45, 7) is 0.584. The first-order chi connectivity index (χ1) is 8.25. The number of hydrogen-bond acceptors (Lipinski definition) is 2. The number of rotatable bonds is 4. The highest BCUT2D eigenvalue weighted by Gasteiger charge is 2.06. The third kappa shape index (κ3) is 3.58. The normalized spacial score (nSPS) is 10.2. The van der Waals surface area contributed by atoms with Crippen molar-refractivity contribution in [1.29, 1.82) is 0 Å². The zero-order valence-corrected chi connectivity index (χ0v) is 10.7. The number of benzene rings is 1. The summed E-state index contributed by atoms with van der Waals surface area (Å²) in [4.78, 5) is 12.8. The summed E-state index contributed by atoms with van der Waals surface area (Å²) < 4.78 is 0. The average molecular weight is 266 g/mol. The first kappa shape index (κ1) is 12.1. The third-order valence-electron chi connectivity index (χ3n) is 2.35. The fourth-order valence-electron chi connectivity index (χ4n) is 1.48. The van der Waals surface area contributed by atoms with Gasteiger partial charge in [0.25, 0.3) is 0 Å². The van der Waals surface area contributed by atoms with Gasteiger partial charge in [-0.1, -0.05) is 35.9 Å². The molecule has 0 spiro atoms. The highest BCUT2D eigenvalue weighted by molar-refractivity contribution is 7.09. The van der Waals surface area contributed by atoms with E-state index in [0.717, 1.165) is 10.4 Å². The van der Waals surface area contributed by atoms with Gasteiger partial charge in [0.1, 0.15) is 0 Å². The summed E-state index contributed by atoms with van der Waals surface area (Å²) in [5.74, 6) is -0.00787. The molecular weight excluding hydrogens is 254 g/mol. The molecule has 0 aliphatic carbocycles. The molecule has 0 bridgehead atoms. The van der Waals surface area contributed by atoms with Crippen molar-refractivity contribution in [2.75, 3.05) is 0 Å². The van der Waals surface area contributed by atoms with Crippen molar-refractivity contribution in [2.45, 2.75) is 13.0 Å². The average Bonchev–Trinajstić information content (AvgIpc) is 2.82. The maximum atomic E-state index is 11.7. The maximum Gasteiger partial charge on any atom is 0.224 e. The minimum Gasteiger partial charge on any atom is -0.351 e. The van der Waals surface area contributed by atoms with E-state index in [2.05, 4.69) is 5.32 Å². The number of hydrogen-bond donors (Lipinski definition) is 1. The highest BCUT2D eigenvalue weighted by atomic mass is 35.5. The van der Waals surface area contributed by atoms with Crippen LogP contribution in [-0.4, -0.2) is 5.91 Å². The van der Waals surface area contributed by atoms with E-state index in [9.17, 15) is 4.79 Å². The molecule has 0 atom stereocenters. The van der Waals surface area contributed by atoms with Crippen LogP contribution < -0.4 is 5.32 Å². The maximum absolute atomic E-state index is 11.7. The lowest BCUT2D eigenvalue weighted by molar-refractivity contribution is -0.120. The fraction of sp³-hybridized carbons (Fsp3) is 0.154.